The molecule has 0 spiro atoms. The number of sulfone groups is 1. The van der Waals surface area contributed by atoms with Gasteiger partial charge in [0.2, 0.25) is 0 Å². The third-order valence-corrected chi connectivity index (χ3v) is 5.77. The van der Waals surface area contributed by atoms with Gasteiger partial charge in [0.1, 0.15) is 5.15 Å². The van der Waals surface area contributed by atoms with Crippen LogP contribution in [0.1, 0.15) is 23.7 Å². The molecule has 5 nitrogen and oxygen atoms in total. The van der Waals surface area contributed by atoms with Gasteiger partial charge in [-0.15, -0.1) is 0 Å². The molecule has 1 aliphatic heterocycles. The molecule has 1 saturated heterocycles. The lowest BCUT2D eigenvalue weighted by Gasteiger charge is -2.27. The minimum absolute atomic E-state index is 0.0195. The summed E-state index contributed by atoms with van der Waals surface area (Å²) in [7, 11) is -3.04. The summed E-state index contributed by atoms with van der Waals surface area (Å²) in [4.78, 5) is 18.0. The van der Waals surface area contributed by atoms with Crippen molar-refractivity contribution in [2.45, 2.75) is 19.4 Å². The van der Waals surface area contributed by atoms with Crippen LogP contribution < -0.4 is 0 Å². The second kappa shape index (κ2) is 5.99. The summed E-state index contributed by atoms with van der Waals surface area (Å²) in [6.07, 6.45) is 1.98. The minimum atomic E-state index is -3.04. The largest absolute Gasteiger partial charge is 0.335 e. The second-order valence-corrected chi connectivity index (χ2v) is 8.14. The number of pyridine rings is 1. The summed E-state index contributed by atoms with van der Waals surface area (Å²) in [5.41, 5.74) is 0.284. The fourth-order valence-corrected chi connectivity index (χ4v) is 4.56. The van der Waals surface area contributed by atoms with Gasteiger partial charge in [0.05, 0.1) is 17.1 Å². The summed E-state index contributed by atoms with van der Waals surface area (Å²) in [5.74, 6) is -0.134. The topological polar surface area (TPSA) is 67.3 Å². The number of aromatic nitrogens is 1. The first-order valence-electron chi connectivity index (χ1n) is 6.16. The minimum Gasteiger partial charge on any atom is -0.335 e. The monoisotopic (exact) mass is 380 g/mol. The zero-order valence-corrected chi connectivity index (χ0v) is 14.0. The molecular formula is C12H14BrClN2O3S. The molecule has 1 amide bonds. The highest BCUT2D eigenvalue weighted by Gasteiger charge is 2.34. The number of nitrogens with zero attached hydrogens (tertiary/aromatic N) is 2. The van der Waals surface area contributed by atoms with Crippen molar-refractivity contribution in [2.75, 3.05) is 18.1 Å². The van der Waals surface area contributed by atoms with Crippen molar-refractivity contribution in [3.05, 3.63) is 27.5 Å². The number of hydrogen-bond acceptors (Lipinski definition) is 4. The molecule has 1 unspecified atom stereocenters. The van der Waals surface area contributed by atoms with Gasteiger partial charge in [0.25, 0.3) is 5.91 Å². The highest BCUT2D eigenvalue weighted by molar-refractivity contribution is 9.10. The Labute approximate surface area is 131 Å². The van der Waals surface area contributed by atoms with Crippen molar-refractivity contribution in [1.29, 1.82) is 0 Å². The maximum atomic E-state index is 12.5. The fourth-order valence-electron chi connectivity index (χ4n) is 2.32. The molecule has 2 heterocycles. The number of hydrogen-bond donors (Lipinski definition) is 0. The van der Waals surface area contributed by atoms with Crippen LogP contribution in [0.3, 0.4) is 0 Å². The van der Waals surface area contributed by atoms with E-state index in [0.29, 0.717) is 17.4 Å². The zero-order valence-electron chi connectivity index (χ0n) is 10.8. The van der Waals surface area contributed by atoms with E-state index in [1.54, 1.807) is 11.0 Å². The van der Waals surface area contributed by atoms with E-state index in [4.69, 9.17) is 11.6 Å². The molecule has 110 valence electrons. The third-order valence-electron chi connectivity index (χ3n) is 3.29. The van der Waals surface area contributed by atoms with Crippen molar-refractivity contribution >= 4 is 43.3 Å². The molecule has 0 saturated carbocycles. The molecule has 8 heteroatoms. The Kier molecular flexibility index (Phi) is 4.71. The number of rotatable bonds is 3. The zero-order chi connectivity index (χ0) is 14.9. The summed E-state index contributed by atoms with van der Waals surface area (Å²) in [5, 5.41) is 0.123. The molecule has 0 aromatic carbocycles. The Hall–Kier alpha value is -0.660. The molecule has 1 atom stereocenters. The highest BCUT2D eigenvalue weighted by Crippen LogP contribution is 2.24. The number of carbonyl (C=O) groups is 1. The van der Waals surface area contributed by atoms with Crippen LogP contribution in [0.25, 0.3) is 0 Å². The summed E-state index contributed by atoms with van der Waals surface area (Å²) >= 11 is 9.21. The lowest BCUT2D eigenvalue weighted by atomic mass is 10.1. The average molecular weight is 382 g/mol. The standard InChI is InChI=1S/C12H14BrClN2O3S/c1-2-16(9-3-4-20(18,19)7-9)12(17)10-5-8(13)6-15-11(10)14/h5-6,9H,2-4,7H2,1H3. The van der Waals surface area contributed by atoms with Gasteiger partial charge in [-0.2, -0.15) is 0 Å². The van der Waals surface area contributed by atoms with Gasteiger partial charge in [-0.1, -0.05) is 11.6 Å². The summed E-state index contributed by atoms with van der Waals surface area (Å²) < 4.78 is 23.8. The lowest BCUT2D eigenvalue weighted by molar-refractivity contribution is 0.0708. The van der Waals surface area contributed by atoms with Gasteiger partial charge in [-0.05, 0) is 35.3 Å². The van der Waals surface area contributed by atoms with Gasteiger partial charge in [-0.25, -0.2) is 13.4 Å². The molecule has 0 radical (unpaired) electrons. The van der Waals surface area contributed by atoms with Crippen LogP contribution in [0.15, 0.2) is 16.7 Å². The first kappa shape index (κ1) is 15.7. The van der Waals surface area contributed by atoms with E-state index in [-0.39, 0.29) is 34.2 Å². The molecule has 0 aliphatic carbocycles. The third kappa shape index (κ3) is 3.32. The Balaban J connectivity index is 2.28. The second-order valence-electron chi connectivity index (χ2n) is 4.64. The number of halogens is 2. The van der Waals surface area contributed by atoms with Crippen molar-refractivity contribution in [1.82, 2.24) is 9.88 Å². The Morgan fingerprint density at radius 3 is 2.85 bits per heavy atom. The molecule has 1 aliphatic rings. The number of amides is 1. The van der Waals surface area contributed by atoms with Crippen molar-refractivity contribution in [3.63, 3.8) is 0 Å². The SMILES string of the molecule is CCN(C(=O)c1cc(Br)cnc1Cl)C1CCS(=O)(=O)C1. The quantitative estimate of drug-likeness (QED) is 0.752. The lowest BCUT2D eigenvalue weighted by Crippen LogP contribution is -2.41. The van der Waals surface area contributed by atoms with Crippen LogP contribution in [-0.4, -0.2) is 48.3 Å². The predicted octanol–water partition coefficient (Wildman–Crippen LogP) is 2.15. The maximum Gasteiger partial charge on any atom is 0.257 e. The van der Waals surface area contributed by atoms with E-state index in [9.17, 15) is 13.2 Å². The first-order valence-corrected chi connectivity index (χ1v) is 9.15. The van der Waals surface area contributed by atoms with Crippen molar-refractivity contribution in [3.8, 4) is 0 Å². The van der Waals surface area contributed by atoms with Crippen LogP contribution in [-0.2, 0) is 9.84 Å². The molecule has 1 fully saturated rings. The average Bonchev–Trinajstić information content (AvgIpc) is 2.73. The van der Waals surface area contributed by atoms with Crippen LogP contribution in [0.4, 0.5) is 0 Å². The van der Waals surface area contributed by atoms with Gasteiger partial charge in [-0.3, -0.25) is 4.79 Å². The Morgan fingerprint density at radius 2 is 2.30 bits per heavy atom. The highest BCUT2D eigenvalue weighted by atomic mass is 79.9. The van der Waals surface area contributed by atoms with Crippen molar-refractivity contribution in [2.24, 2.45) is 0 Å². The van der Waals surface area contributed by atoms with E-state index >= 15 is 0 Å². The molecule has 1 aromatic heterocycles. The maximum absolute atomic E-state index is 12.5. The molecular weight excluding hydrogens is 368 g/mol. The van der Waals surface area contributed by atoms with E-state index in [2.05, 4.69) is 20.9 Å². The molecule has 0 bridgehead atoms. The van der Waals surface area contributed by atoms with Crippen LogP contribution >= 0.6 is 27.5 Å². The van der Waals surface area contributed by atoms with E-state index < -0.39 is 9.84 Å². The van der Waals surface area contributed by atoms with Gasteiger partial charge < -0.3 is 4.90 Å². The summed E-state index contributed by atoms with van der Waals surface area (Å²) in [6.45, 7) is 2.25. The van der Waals surface area contributed by atoms with E-state index in [1.165, 1.54) is 6.20 Å². The van der Waals surface area contributed by atoms with Crippen molar-refractivity contribution < 1.29 is 13.2 Å². The molecule has 1 aromatic rings. The summed E-state index contributed by atoms with van der Waals surface area (Å²) in [6, 6.07) is 1.32. The van der Waals surface area contributed by atoms with E-state index in [0.717, 1.165) is 0 Å². The number of carbonyl (C=O) groups excluding carboxylic acids is 1. The van der Waals surface area contributed by atoms with Crippen LogP contribution in [0.2, 0.25) is 5.15 Å². The molecule has 0 N–H and O–H groups in total. The van der Waals surface area contributed by atoms with Crippen LogP contribution in [0, 0.1) is 0 Å². The van der Waals surface area contributed by atoms with Gasteiger partial charge >= 0.3 is 0 Å². The smallest absolute Gasteiger partial charge is 0.257 e. The fraction of sp³-hybridized carbons (Fsp3) is 0.500. The first-order chi connectivity index (χ1) is 9.34. The predicted molar refractivity (Wildman–Crippen MR) is 80.7 cm³/mol. The van der Waals surface area contributed by atoms with E-state index in [1.807, 2.05) is 6.92 Å². The van der Waals surface area contributed by atoms with Gasteiger partial charge in [0, 0.05) is 23.3 Å². The normalized spacial score (nSPS) is 20.9. The Bertz CT molecular complexity index is 636. The Morgan fingerprint density at radius 1 is 1.60 bits per heavy atom. The molecule has 2 rings (SSSR count). The molecule has 20 heavy (non-hydrogen) atoms. The van der Waals surface area contributed by atoms with Gasteiger partial charge in [0.15, 0.2) is 9.84 Å². The van der Waals surface area contributed by atoms with Crippen LogP contribution in [0.5, 0.6) is 0 Å².